The number of hydrogen-bond acceptors (Lipinski definition) is 5. The van der Waals surface area contributed by atoms with Crippen molar-refractivity contribution >= 4 is 40.9 Å². The molecule has 164 valence electrons. The highest BCUT2D eigenvalue weighted by atomic mass is 35.5. The van der Waals surface area contributed by atoms with Crippen molar-refractivity contribution in [2.24, 2.45) is 18.5 Å². The van der Waals surface area contributed by atoms with Crippen molar-refractivity contribution in [1.82, 2.24) is 14.5 Å². The van der Waals surface area contributed by atoms with Crippen molar-refractivity contribution in [1.29, 1.82) is 5.41 Å². The summed E-state index contributed by atoms with van der Waals surface area (Å²) < 4.78 is 2.03. The quantitative estimate of drug-likeness (QED) is 0.345. The first-order valence-electron chi connectivity index (χ1n) is 10.1. The summed E-state index contributed by atoms with van der Waals surface area (Å²) in [5.41, 5.74) is 16.0. The molecule has 1 amide bonds. The number of fused-ring (bicyclic) bond motifs is 1. The Labute approximate surface area is 187 Å². The molecule has 2 heterocycles. The molecular weight excluding hydrogens is 414 g/mol. The van der Waals surface area contributed by atoms with Crippen LogP contribution in [-0.4, -0.2) is 39.3 Å². The van der Waals surface area contributed by atoms with Crippen molar-refractivity contribution in [2.45, 2.75) is 25.4 Å². The van der Waals surface area contributed by atoms with Gasteiger partial charge in [0.15, 0.2) is 0 Å². The van der Waals surface area contributed by atoms with Gasteiger partial charge in [0.05, 0.1) is 17.6 Å². The summed E-state index contributed by atoms with van der Waals surface area (Å²) in [7, 11) is 1.97. The number of carbonyl (C=O) groups excluding carboxylic acids is 1. The van der Waals surface area contributed by atoms with E-state index in [0.717, 1.165) is 54.0 Å². The molecule has 3 aromatic rings. The Kier molecular flexibility index (Phi) is 6.82. The summed E-state index contributed by atoms with van der Waals surface area (Å²) in [5, 5.41) is 10.8. The number of aromatic nitrogens is 2. The van der Waals surface area contributed by atoms with E-state index in [2.05, 4.69) is 5.32 Å². The average molecular weight is 442 g/mol. The number of nitrogens with one attached hydrogen (secondary N) is 2. The summed E-state index contributed by atoms with van der Waals surface area (Å²) in [5.74, 6) is 0.907. The first-order valence-corrected chi connectivity index (χ1v) is 10.1. The van der Waals surface area contributed by atoms with Gasteiger partial charge in [0.2, 0.25) is 5.91 Å². The van der Waals surface area contributed by atoms with E-state index in [4.69, 9.17) is 21.9 Å². The molecule has 1 aromatic heterocycles. The van der Waals surface area contributed by atoms with Crippen LogP contribution in [0.1, 0.15) is 35.8 Å². The van der Waals surface area contributed by atoms with Crippen molar-refractivity contribution < 1.29 is 4.79 Å². The number of hydrogen-bond donors (Lipinski definition) is 4. The molecule has 1 aliphatic rings. The van der Waals surface area contributed by atoms with Crippen molar-refractivity contribution in [3.63, 3.8) is 0 Å². The van der Waals surface area contributed by atoms with Gasteiger partial charge in [-0.25, -0.2) is 4.98 Å². The lowest BCUT2D eigenvalue weighted by Gasteiger charge is -2.20. The molecule has 6 N–H and O–H groups in total. The highest BCUT2D eigenvalue weighted by Crippen LogP contribution is 2.23. The third kappa shape index (κ3) is 4.65. The minimum atomic E-state index is -0.657. The molecule has 0 saturated carbocycles. The molecule has 1 fully saturated rings. The third-order valence-electron chi connectivity index (χ3n) is 5.69. The number of carbonyl (C=O) groups is 1. The minimum Gasteiger partial charge on any atom is -0.384 e. The zero-order chi connectivity index (χ0) is 21.3. The van der Waals surface area contributed by atoms with Gasteiger partial charge in [0.25, 0.3) is 0 Å². The number of amides is 1. The van der Waals surface area contributed by atoms with E-state index in [1.165, 1.54) is 0 Å². The van der Waals surface area contributed by atoms with Crippen molar-refractivity contribution in [3.8, 4) is 0 Å². The van der Waals surface area contributed by atoms with E-state index in [1.54, 1.807) is 0 Å². The molecule has 0 aliphatic carbocycles. The maximum absolute atomic E-state index is 12.6. The van der Waals surface area contributed by atoms with Crippen LogP contribution in [0.3, 0.4) is 0 Å². The molecule has 0 bridgehead atoms. The van der Waals surface area contributed by atoms with Crippen LogP contribution in [0.25, 0.3) is 11.0 Å². The number of rotatable bonds is 6. The fourth-order valence-electron chi connectivity index (χ4n) is 3.84. The fourth-order valence-corrected chi connectivity index (χ4v) is 3.84. The SMILES string of the molecule is Cl.Cn1c(CNc2ccc(C(=N)N)cc2)nc2cc(C(N)C(=O)N3CCCC3)ccc21. The van der Waals surface area contributed by atoms with Crippen molar-refractivity contribution in [2.75, 3.05) is 18.4 Å². The molecule has 2 aromatic carbocycles. The van der Waals surface area contributed by atoms with Crippen LogP contribution in [-0.2, 0) is 18.4 Å². The smallest absolute Gasteiger partial charge is 0.244 e. The number of imidazole rings is 1. The summed E-state index contributed by atoms with van der Waals surface area (Å²) in [4.78, 5) is 19.2. The Morgan fingerprint density at radius 3 is 2.52 bits per heavy atom. The van der Waals surface area contributed by atoms with Gasteiger partial charge in [-0.2, -0.15) is 0 Å². The number of nitrogens with two attached hydrogens (primary N) is 2. The molecule has 1 atom stereocenters. The maximum Gasteiger partial charge on any atom is 0.244 e. The molecule has 9 heteroatoms. The summed E-state index contributed by atoms with van der Waals surface area (Å²) in [6, 6.07) is 12.5. The number of anilines is 1. The molecule has 1 unspecified atom stereocenters. The second-order valence-corrected chi connectivity index (χ2v) is 7.69. The van der Waals surface area contributed by atoms with Gasteiger partial charge < -0.3 is 26.3 Å². The van der Waals surface area contributed by atoms with Crippen LogP contribution in [0.2, 0.25) is 0 Å². The first kappa shape index (κ1) is 22.6. The van der Waals surface area contributed by atoms with Gasteiger partial charge >= 0.3 is 0 Å². The summed E-state index contributed by atoms with van der Waals surface area (Å²) in [6.07, 6.45) is 2.09. The third-order valence-corrected chi connectivity index (χ3v) is 5.69. The van der Waals surface area contributed by atoms with Gasteiger partial charge in [0.1, 0.15) is 17.7 Å². The molecule has 4 rings (SSSR count). The first-order chi connectivity index (χ1) is 14.4. The predicted octanol–water partition coefficient (Wildman–Crippen LogP) is 2.51. The molecule has 0 spiro atoms. The van der Waals surface area contributed by atoms with Crippen LogP contribution in [0.5, 0.6) is 0 Å². The highest BCUT2D eigenvalue weighted by Gasteiger charge is 2.25. The molecule has 8 nitrogen and oxygen atoms in total. The van der Waals surface area contributed by atoms with E-state index in [0.29, 0.717) is 12.1 Å². The Morgan fingerprint density at radius 2 is 1.87 bits per heavy atom. The van der Waals surface area contributed by atoms with E-state index in [9.17, 15) is 4.79 Å². The van der Waals surface area contributed by atoms with Gasteiger partial charge in [-0.3, -0.25) is 10.2 Å². The monoisotopic (exact) mass is 441 g/mol. The molecule has 0 radical (unpaired) electrons. The zero-order valence-electron chi connectivity index (χ0n) is 17.5. The standard InChI is InChI=1S/C22H27N7O.ClH/c1-28-18-9-6-15(20(23)22(30)29-10-2-3-11-29)12-17(18)27-19(28)13-26-16-7-4-14(5-8-16)21(24)25;/h4-9,12,20,26H,2-3,10-11,13,23H2,1H3,(H3,24,25);1H. The second kappa shape index (κ2) is 9.36. The van der Waals surface area contributed by atoms with Crippen LogP contribution >= 0.6 is 12.4 Å². The largest absolute Gasteiger partial charge is 0.384 e. The predicted molar refractivity (Wildman–Crippen MR) is 125 cm³/mol. The van der Waals surface area contributed by atoms with Gasteiger partial charge in [0, 0.05) is 31.4 Å². The van der Waals surface area contributed by atoms with E-state index >= 15 is 0 Å². The number of amidine groups is 1. The summed E-state index contributed by atoms with van der Waals surface area (Å²) in [6.45, 7) is 2.13. The number of aryl methyl sites for hydroxylation is 1. The minimum absolute atomic E-state index is 0. The van der Waals surface area contributed by atoms with Crippen LogP contribution < -0.4 is 16.8 Å². The number of benzene rings is 2. The second-order valence-electron chi connectivity index (χ2n) is 7.69. The molecule has 1 saturated heterocycles. The Bertz CT molecular complexity index is 1090. The topological polar surface area (TPSA) is 126 Å². The van der Waals surface area contributed by atoms with Crippen LogP contribution in [0.15, 0.2) is 42.5 Å². The lowest BCUT2D eigenvalue weighted by Crippen LogP contribution is -2.36. The lowest BCUT2D eigenvalue weighted by atomic mass is 10.1. The van der Waals surface area contributed by atoms with Crippen molar-refractivity contribution in [3.05, 3.63) is 59.4 Å². The number of halogens is 1. The number of nitrogens with zero attached hydrogens (tertiary/aromatic N) is 3. The number of nitrogen functional groups attached to an aromatic ring is 1. The molecule has 31 heavy (non-hydrogen) atoms. The highest BCUT2D eigenvalue weighted by molar-refractivity contribution is 5.95. The maximum atomic E-state index is 12.6. The number of likely N-dealkylation sites (tertiary alicyclic amines) is 1. The molecular formula is C22H28ClN7O. The Hall–Kier alpha value is -3.10. The van der Waals surface area contributed by atoms with E-state index in [-0.39, 0.29) is 24.1 Å². The van der Waals surface area contributed by atoms with E-state index in [1.807, 2.05) is 59.0 Å². The lowest BCUT2D eigenvalue weighted by molar-refractivity contribution is -0.131. The summed E-state index contributed by atoms with van der Waals surface area (Å²) >= 11 is 0. The zero-order valence-corrected chi connectivity index (χ0v) is 18.3. The van der Waals surface area contributed by atoms with E-state index < -0.39 is 6.04 Å². The normalized spacial score (nSPS) is 14.3. The van der Waals surface area contributed by atoms with Gasteiger partial charge in [-0.1, -0.05) is 6.07 Å². The molecule has 1 aliphatic heterocycles. The Balaban J connectivity index is 0.00000272. The van der Waals surface area contributed by atoms with Crippen LogP contribution in [0.4, 0.5) is 5.69 Å². The fraction of sp³-hybridized carbons (Fsp3) is 0.318. The van der Waals surface area contributed by atoms with Crippen LogP contribution in [0, 0.1) is 5.41 Å². The average Bonchev–Trinajstić information content (AvgIpc) is 3.40. The van der Waals surface area contributed by atoms with Gasteiger partial charge in [-0.15, -0.1) is 12.4 Å². The Morgan fingerprint density at radius 1 is 1.19 bits per heavy atom. The van der Waals surface area contributed by atoms with Gasteiger partial charge in [-0.05, 0) is 54.8 Å².